The Labute approximate surface area is 246 Å². The van der Waals surface area contributed by atoms with Gasteiger partial charge in [0, 0.05) is 16.7 Å². The lowest BCUT2D eigenvalue weighted by Crippen LogP contribution is -2.61. The number of likely N-dealkylation sites (tertiary alicyclic amines) is 1. The molecule has 42 heavy (non-hydrogen) atoms. The van der Waals surface area contributed by atoms with Crippen LogP contribution in [-0.4, -0.2) is 82.3 Å². The molecular formula is C31H44N2O9. The lowest BCUT2D eigenvalue weighted by molar-refractivity contribution is -0.757. The predicted octanol–water partition coefficient (Wildman–Crippen LogP) is 2.81. The van der Waals surface area contributed by atoms with Crippen LogP contribution in [-0.2, 0) is 24.0 Å². The number of hydrogen-bond acceptors (Lipinski definition) is 10. The number of fused-ring (bicyclic) bond motifs is 5. The molecule has 1 saturated heterocycles. The van der Waals surface area contributed by atoms with Crippen LogP contribution in [0.4, 0.5) is 0 Å². The largest absolute Gasteiger partial charge is 0.457 e. The number of esters is 1. The van der Waals surface area contributed by atoms with Crippen LogP contribution >= 0.6 is 0 Å². The molecule has 3 saturated carbocycles. The zero-order valence-corrected chi connectivity index (χ0v) is 24.7. The standard InChI is InChI=1S/C31H44N2O9/c1-29-11-7-22(34)16-21(29)5-6-23-24-8-12-31(38,30(24,2)17-25(35)28(23)29)26(36)19-41-27(37)18-32-13-9-20(10-14-32)4-3-15-42-33(39)40/h7,11,16,20,23-25,28,35,38H,3-6,8-10,12-15,17-19H2,1-2H3/t23-,24-,25-,28+,29-,30-,31-/m0/s1. The molecule has 0 aromatic carbocycles. The number of rotatable bonds is 10. The van der Waals surface area contributed by atoms with Gasteiger partial charge in [-0.05, 0) is 101 Å². The average Bonchev–Trinajstić information content (AvgIpc) is 3.21. The first-order valence-corrected chi connectivity index (χ1v) is 15.4. The molecule has 11 nitrogen and oxygen atoms in total. The predicted molar refractivity (Wildman–Crippen MR) is 150 cm³/mol. The van der Waals surface area contributed by atoms with Crippen molar-refractivity contribution in [2.24, 2.45) is 34.5 Å². The molecule has 1 aliphatic heterocycles. The van der Waals surface area contributed by atoms with Gasteiger partial charge in [0.15, 0.2) is 12.4 Å². The average molecular weight is 589 g/mol. The van der Waals surface area contributed by atoms with Crippen LogP contribution in [0.25, 0.3) is 0 Å². The number of Topliss-reactive ketones (excluding diaryl/α,β-unsaturated/α-hetero) is 1. The van der Waals surface area contributed by atoms with Crippen molar-refractivity contribution >= 4 is 17.5 Å². The van der Waals surface area contributed by atoms with Gasteiger partial charge in [0.2, 0.25) is 5.78 Å². The molecule has 0 amide bonds. The number of aliphatic hydroxyl groups is 2. The van der Waals surface area contributed by atoms with Crippen molar-refractivity contribution in [3.63, 3.8) is 0 Å². The summed E-state index contributed by atoms with van der Waals surface area (Å²) in [6, 6.07) is 0. The molecule has 0 unspecified atom stereocenters. The minimum Gasteiger partial charge on any atom is -0.457 e. The van der Waals surface area contributed by atoms with E-state index in [1.807, 2.05) is 17.9 Å². The van der Waals surface area contributed by atoms with Gasteiger partial charge in [0.05, 0.1) is 19.3 Å². The van der Waals surface area contributed by atoms with Crippen LogP contribution in [0.3, 0.4) is 0 Å². The normalized spacial score (nSPS) is 38.2. The molecule has 0 aromatic heterocycles. The van der Waals surface area contributed by atoms with Crippen molar-refractivity contribution in [3.05, 3.63) is 33.9 Å². The van der Waals surface area contributed by atoms with Crippen molar-refractivity contribution < 1.29 is 39.3 Å². The summed E-state index contributed by atoms with van der Waals surface area (Å²) in [5.74, 6) is -0.558. The van der Waals surface area contributed by atoms with Crippen LogP contribution in [0.5, 0.6) is 0 Å². The first kappa shape index (κ1) is 30.8. The Bertz CT molecular complexity index is 1160. The molecule has 4 fully saturated rings. The Balaban J connectivity index is 1.14. The lowest BCUT2D eigenvalue weighted by Gasteiger charge is -2.59. The van der Waals surface area contributed by atoms with E-state index in [1.165, 1.54) is 0 Å². The van der Waals surface area contributed by atoms with E-state index in [9.17, 15) is 34.7 Å². The fourth-order valence-electron chi connectivity index (χ4n) is 9.23. The highest BCUT2D eigenvalue weighted by molar-refractivity contribution is 6.01. The molecule has 0 bridgehead atoms. The van der Waals surface area contributed by atoms with E-state index in [2.05, 4.69) is 11.8 Å². The molecule has 5 rings (SSSR count). The van der Waals surface area contributed by atoms with Gasteiger partial charge in [-0.25, -0.2) is 0 Å². The maximum Gasteiger partial charge on any atom is 0.320 e. The number of carbonyl (C=O) groups is 3. The third-order valence-electron chi connectivity index (χ3n) is 11.5. The molecule has 7 atom stereocenters. The molecule has 11 heteroatoms. The van der Waals surface area contributed by atoms with Gasteiger partial charge in [0.1, 0.15) is 5.60 Å². The summed E-state index contributed by atoms with van der Waals surface area (Å²) in [5.41, 5.74) is -1.88. The van der Waals surface area contributed by atoms with Crippen molar-refractivity contribution in [1.82, 2.24) is 4.90 Å². The van der Waals surface area contributed by atoms with E-state index < -0.39 is 46.0 Å². The first-order chi connectivity index (χ1) is 19.9. The van der Waals surface area contributed by atoms with E-state index in [-0.39, 0.29) is 49.5 Å². The Kier molecular flexibility index (Phi) is 8.66. The lowest BCUT2D eigenvalue weighted by atomic mass is 9.46. The number of piperidine rings is 1. The van der Waals surface area contributed by atoms with Crippen LogP contribution in [0.15, 0.2) is 23.8 Å². The first-order valence-electron chi connectivity index (χ1n) is 15.4. The molecule has 0 radical (unpaired) electrons. The number of nitrogens with zero attached hydrogens (tertiary/aromatic N) is 2. The molecule has 2 N–H and O–H groups in total. The highest BCUT2D eigenvalue weighted by atomic mass is 16.9. The maximum absolute atomic E-state index is 13.5. The second-order valence-corrected chi connectivity index (χ2v) is 13.6. The van der Waals surface area contributed by atoms with Crippen LogP contribution in [0.1, 0.15) is 71.6 Å². The van der Waals surface area contributed by atoms with E-state index in [0.717, 1.165) is 37.7 Å². The molecule has 5 aliphatic rings. The summed E-state index contributed by atoms with van der Waals surface area (Å²) in [5, 5.41) is 32.9. The number of hydrogen-bond donors (Lipinski definition) is 2. The zero-order chi connectivity index (χ0) is 30.3. The fraction of sp³-hybridized carbons (Fsp3) is 0.774. The summed E-state index contributed by atoms with van der Waals surface area (Å²) in [4.78, 5) is 54.8. The van der Waals surface area contributed by atoms with Crippen LogP contribution in [0, 0.1) is 44.6 Å². The minimum atomic E-state index is -1.68. The maximum atomic E-state index is 13.5. The van der Waals surface area contributed by atoms with Crippen LogP contribution < -0.4 is 0 Å². The monoisotopic (exact) mass is 588 g/mol. The van der Waals surface area contributed by atoms with Gasteiger partial charge in [-0.1, -0.05) is 25.5 Å². The quantitative estimate of drug-likeness (QED) is 0.168. The van der Waals surface area contributed by atoms with Crippen molar-refractivity contribution in [2.75, 3.05) is 32.8 Å². The number of carbonyl (C=O) groups excluding carboxylic acids is 3. The van der Waals surface area contributed by atoms with Gasteiger partial charge in [-0.15, -0.1) is 10.1 Å². The van der Waals surface area contributed by atoms with E-state index in [4.69, 9.17) is 4.74 Å². The van der Waals surface area contributed by atoms with Crippen molar-refractivity contribution in [1.29, 1.82) is 0 Å². The van der Waals surface area contributed by atoms with Crippen LogP contribution in [0.2, 0.25) is 0 Å². The third-order valence-corrected chi connectivity index (χ3v) is 11.5. The highest BCUT2D eigenvalue weighted by Gasteiger charge is 2.68. The Hall–Kier alpha value is -2.63. The van der Waals surface area contributed by atoms with Crippen molar-refractivity contribution in [2.45, 2.75) is 83.3 Å². The van der Waals surface area contributed by atoms with Crippen molar-refractivity contribution in [3.8, 4) is 0 Å². The Morgan fingerprint density at radius 2 is 1.93 bits per heavy atom. The molecule has 0 spiro atoms. The van der Waals surface area contributed by atoms with E-state index >= 15 is 0 Å². The SMILES string of the molecule is C[C@]12C=CC(=O)C=C1CC[C@@H]1[C@@H]2[C@@H](O)C[C@@]2(C)[C@H]1CC[C@]2(O)C(=O)COC(=O)CN1CCC(CCCO[N+](=O)[O-])CC1. The number of aliphatic hydroxyl groups excluding tert-OH is 1. The highest BCUT2D eigenvalue weighted by Crippen LogP contribution is 2.67. The summed E-state index contributed by atoms with van der Waals surface area (Å²) in [7, 11) is 0. The molecule has 232 valence electrons. The summed E-state index contributed by atoms with van der Waals surface area (Å²) < 4.78 is 5.39. The second kappa shape index (κ2) is 11.8. The minimum absolute atomic E-state index is 0.0196. The van der Waals surface area contributed by atoms with E-state index in [0.29, 0.717) is 31.8 Å². The Morgan fingerprint density at radius 3 is 2.64 bits per heavy atom. The summed E-state index contributed by atoms with van der Waals surface area (Å²) >= 11 is 0. The fourth-order valence-corrected chi connectivity index (χ4v) is 9.23. The third kappa shape index (κ3) is 5.55. The molecule has 1 heterocycles. The molecular weight excluding hydrogens is 544 g/mol. The zero-order valence-electron chi connectivity index (χ0n) is 24.7. The van der Waals surface area contributed by atoms with Gasteiger partial charge in [-0.3, -0.25) is 19.3 Å². The van der Waals surface area contributed by atoms with Gasteiger partial charge < -0.3 is 19.8 Å². The van der Waals surface area contributed by atoms with Gasteiger partial charge in [0.25, 0.3) is 5.09 Å². The smallest absolute Gasteiger partial charge is 0.320 e. The molecule has 0 aromatic rings. The molecule has 4 aliphatic carbocycles. The second-order valence-electron chi connectivity index (χ2n) is 13.6. The summed E-state index contributed by atoms with van der Waals surface area (Å²) in [6.45, 7) is 5.07. The van der Waals surface area contributed by atoms with Gasteiger partial charge in [-0.2, -0.15) is 0 Å². The Morgan fingerprint density at radius 1 is 1.19 bits per heavy atom. The summed E-state index contributed by atoms with van der Waals surface area (Å²) in [6.07, 6.45) is 10.4. The van der Waals surface area contributed by atoms with E-state index in [1.54, 1.807) is 12.2 Å². The number of ketones is 2. The van der Waals surface area contributed by atoms with Gasteiger partial charge >= 0.3 is 5.97 Å². The number of allylic oxidation sites excluding steroid dienone is 4. The topological polar surface area (TPSA) is 157 Å². The number of ether oxygens (including phenoxy) is 1.